The van der Waals surface area contributed by atoms with Crippen LogP contribution in [0.5, 0.6) is 5.75 Å². The molecule has 1 aromatic heterocycles. The Morgan fingerprint density at radius 3 is 2.71 bits per heavy atom. The lowest BCUT2D eigenvalue weighted by molar-refractivity contribution is 0.415. The van der Waals surface area contributed by atoms with E-state index in [0.29, 0.717) is 22.8 Å². The molecule has 0 unspecified atom stereocenters. The minimum Gasteiger partial charge on any atom is -0.497 e. The zero-order chi connectivity index (χ0) is 14.8. The van der Waals surface area contributed by atoms with E-state index < -0.39 is 0 Å². The summed E-state index contributed by atoms with van der Waals surface area (Å²) in [6, 6.07) is 13.8. The molecule has 0 saturated carbocycles. The first kappa shape index (κ1) is 13.2. The van der Waals surface area contributed by atoms with Gasteiger partial charge in [0.2, 0.25) is 0 Å². The number of ether oxygens (including phenoxy) is 1. The van der Waals surface area contributed by atoms with E-state index >= 15 is 0 Å². The van der Waals surface area contributed by atoms with Crippen LogP contribution in [-0.4, -0.2) is 16.9 Å². The van der Waals surface area contributed by atoms with Crippen LogP contribution in [0.25, 0.3) is 16.9 Å². The summed E-state index contributed by atoms with van der Waals surface area (Å²) in [6.45, 7) is 0. The van der Waals surface area contributed by atoms with Crippen LogP contribution in [0.4, 0.5) is 10.1 Å². The topological polar surface area (TPSA) is 53.1 Å². The van der Waals surface area contributed by atoms with Gasteiger partial charge in [0.1, 0.15) is 22.9 Å². The van der Waals surface area contributed by atoms with Gasteiger partial charge in [-0.15, -0.1) is 0 Å². The number of methoxy groups -OCH3 is 1. The molecule has 2 aromatic carbocycles. The van der Waals surface area contributed by atoms with Gasteiger partial charge in [-0.05, 0) is 24.3 Å². The molecule has 0 spiro atoms. The third-order valence-corrected chi connectivity index (χ3v) is 3.18. The van der Waals surface area contributed by atoms with E-state index in [1.54, 1.807) is 31.5 Å². The second-order valence-electron chi connectivity index (χ2n) is 4.56. The molecule has 0 atom stereocenters. The van der Waals surface area contributed by atoms with Crippen molar-refractivity contribution in [3.05, 3.63) is 60.5 Å². The molecule has 0 amide bonds. The number of nitrogens with zero attached hydrogens (tertiary/aromatic N) is 2. The zero-order valence-corrected chi connectivity index (χ0v) is 11.5. The summed E-state index contributed by atoms with van der Waals surface area (Å²) in [5.74, 6) is 0.365. The number of nitrogens with two attached hydrogens (primary N) is 1. The molecule has 0 radical (unpaired) electrons. The largest absolute Gasteiger partial charge is 0.497 e. The maximum absolute atomic E-state index is 13.8. The Labute approximate surface area is 121 Å². The number of rotatable bonds is 3. The van der Waals surface area contributed by atoms with Crippen LogP contribution in [0.3, 0.4) is 0 Å². The summed E-state index contributed by atoms with van der Waals surface area (Å²) in [5.41, 5.74) is 8.26. The highest BCUT2D eigenvalue weighted by Gasteiger charge is 2.12. The number of benzene rings is 2. The fourth-order valence-electron chi connectivity index (χ4n) is 2.14. The Morgan fingerprint density at radius 2 is 1.95 bits per heavy atom. The second kappa shape index (κ2) is 5.28. The van der Waals surface area contributed by atoms with Gasteiger partial charge in [0.05, 0.1) is 19.0 Å². The molecule has 21 heavy (non-hydrogen) atoms. The molecule has 3 aromatic rings. The SMILES string of the molecule is COc1cccc(-c2nn(-c3ccccc3F)cc2N)c1. The van der Waals surface area contributed by atoms with Gasteiger partial charge in [-0.2, -0.15) is 5.10 Å². The lowest BCUT2D eigenvalue weighted by Crippen LogP contribution is -1.98. The average molecular weight is 283 g/mol. The van der Waals surface area contributed by atoms with Crippen molar-refractivity contribution in [2.75, 3.05) is 12.8 Å². The van der Waals surface area contributed by atoms with Gasteiger partial charge in [0, 0.05) is 5.56 Å². The number of nitrogen functional groups attached to an aromatic ring is 1. The first-order chi connectivity index (χ1) is 10.2. The molecule has 0 fully saturated rings. The van der Waals surface area contributed by atoms with Crippen LogP contribution >= 0.6 is 0 Å². The summed E-state index contributed by atoms with van der Waals surface area (Å²) in [7, 11) is 1.60. The standard InChI is InChI=1S/C16H14FN3O/c1-21-12-6-4-5-11(9-12)16-14(18)10-20(19-16)15-8-3-2-7-13(15)17/h2-10H,18H2,1H3. The van der Waals surface area contributed by atoms with Gasteiger partial charge in [0.25, 0.3) is 0 Å². The van der Waals surface area contributed by atoms with Gasteiger partial charge < -0.3 is 10.5 Å². The Balaban J connectivity index is 2.08. The molecule has 106 valence electrons. The quantitative estimate of drug-likeness (QED) is 0.802. The van der Waals surface area contributed by atoms with Crippen molar-refractivity contribution in [2.24, 2.45) is 0 Å². The van der Waals surface area contributed by atoms with Crippen molar-refractivity contribution in [2.45, 2.75) is 0 Å². The van der Waals surface area contributed by atoms with E-state index in [1.165, 1.54) is 10.7 Å². The molecule has 4 nitrogen and oxygen atoms in total. The van der Waals surface area contributed by atoms with Gasteiger partial charge in [-0.3, -0.25) is 0 Å². The van der Waals surface area contributed by atoms with E-state index in [0.717, 1.165) is 5.56 Å². The fourth-order valence-corrected chi connectivity index (χ4v) is 2.14. The first-order valence-corrected chi connectivity index (χ1v) is 6.43. The highest BCUT2D eigenvalue weighted by molar-refractivity contribution is 5.73. The molecule has 2 N–H and O–H groups in total. The molecule has 0 bridgehead atoms. The van der Waals surface area contributed by atoms with E-state index in [9.17, 15) is 4.39 Å². The van der Waals surface area contributed by atoms with Crippen molar-refractivity contribution in [3.8, 4) is 22.7 Å². The van der Waals surface area contributed by atoms with Crippen LogP contribution in [-0.2, 0) is 0 Å². The zero-order valence-electron chi connectivity index (χ0n) is 11.5. The molecule has 0 aliphatic carbocycles. The number of anilines is 1. The van der Waals surface area contributed by atoms with Crippen molar-refractivity contribution in [1.82, 2.24) is 9.78 Å². The number of hydrogen-bond acceptors (Lipinski definition) is 3. The fraction of sp³-hybridized carbons (Fsp3) is 0.0625. The molecule has 0 saturated heterocycles. The monoisotopic (exact) mass is 283 g/mol. The lowest BCUT2D eigenvalue weighted by atomic mass is 10.1. The van der Waals surface area contributed by atoms with Crippen LogP contribution in [0, 0.1) is 5.82 Å². The Hall–Kier alpha value is -2.82. The van der Waals surface area contributed by atoms with Crippen LogP contribution in [0.1, 0.15) is 0 Å². The molecule has 3 rings (SSSR count). The van der Waals surface area contributed by atoms with Crippen LogP contribution in [0.15, 0.2) is 54.7 Å². The van der Waals surface area contributed by atoms with E-state index in [1.807, 2.05) is 24.3 Å². The molecule has 5 heteroatoms. The van der Waals surface area contributed by atoms with Crippen LogP contribution < -0.4 is 10.5 Å². The van der Waals surface area contributed by atoms with E-state index in [4.69, 9.17) is 10.5 Å². The summed E-state index contributed by atoms with van der Waals surface area (Å²) in [5, 5.41) is 4.38. The van der Waals surface area contributed by atoms with Crippen molar-refractivity contribution in [1.29, 1.82) is 0 Å². The number of hydrogen-bond donors (Lipinski definition) is 1. The second-order valence-corrected chi connectivity index (χ2v) is 4.56. The summed E-state index contributed by atoms with van der Waals surface area (Å²) >= 11 is 0. The molecule has 0 aliphatic rings. The highest BCUT2D eigenvalue weighted by atomic mass is 19.1. The minimum absolute atomic E-state index is 0.350. The normalized spacial score (nSPS) is 10.6. The van der Waals surface area contributed by atoms with E-state index in [-0.39, 0.29) is 5.82 Å². The van der Waals surface area contributed by atoms with Crippen molar-refractivity contribution >= 4 is 5.69 Å². The Bertz CT molecular complexity index is 783. The smallest absolute Gasteiger partial charge is 0.148 e. The lowest BCUT2D eigenvalue weighted by Gasteiger charge is -2.03. The highest BCUT2D eigenvalue weighted by Crippen LogP contribution is 2.28. The molecular formula is C16H14FN3O. The van der Waals surface area contributed by atoms with Gasteiger partial charge in [-0.25, -0.2) is 9.07 Å². The first-order valence-electron chi connectivity index (χ1n) is 6.43. The van der Waals surface area contributed by atoms with Gasteiger partial charge in [0.15, 0.2) is 0 Å². The number of halogens is 1. The van der Waals surface area contributed by atoms with Crippen molar-refractivity contribution < 1.29 is 9.13 Å². The maximum Gasteiger partial charge on any atom is 0.148 e. The van der Waals surface area contributed by atoms with Gasteiger partial charge in [-0.1, -0.05) is 24.3 Å². The number of para-hydroxylation sites is 1. The van der Waals surface area contributed by atoms with Crippen molar-refractivity contribution in [3.63, 3.8) is 0 Å². The maximum atomic E-state index is 13.8. The Morgan fingerprint density at radius 1 is 1.14 bits per heavy atom. The predicted octanol–water partition coefficient (Wildman–Crippen LogP) is 3.27. The summed E-state index contributed by atoms with van der Waals surface area (Å²) in [4.78, 5) is 0. The molecule has 0 aliphatic heterocycles. The summed E-state index contributed by atoms with van der Waals surface area (Å²) in [6.07, 6.45) is 1.60. The molecule has 1 heterocycles. The minimum atomic E-state index is -0.350. The summed E-state index contributed by atoms with van der Waals surface area (Å²) < 4.78 is 20.5. The predicted molar refractivity (Wildman–Crippen MR) is 79.9 cm³/mol. The van der Waals surface area contributed by atoms with Crippen LogP contribution in [0.2, 0.25) is 0 Å². The average Bonchev–Trinajstić information content (AvgIpc) is 2.89. The van der Waals surface area contributed by atoms with Gasteiger partial charge >= 0.3 is 0 Å². The van der Waals surface area contributed by atoms with E-state index in [2.05, 4.69) is 5.10 Å². The number of aromatic nitrogens is 2. The Kier molecular flexibility index (Phi) is 3.31. The third kappa shape index (κ3) is 2.45. The third-order valence-electron chi connectivity index (χ3n) is 3.18. The molecular weight excluding hydrogens is 269 g/mol.